The van der Waals surface area contributed by atoms with Crippen molar-refractivity contribution in [2.75, 3.05) is 24.5 Å². The van der Waals surface area contributed by atoms with E-state index in [0.717, 1.165) is 113 Å². The molecule has 0 spiro atoms. The second kappa shape index (κ2) is 18.1. The van der Waals surface area contributed by atoms with Gasteiger partial charge in [-0.2, -0.15) is 18.6 Å². The summed E-state index contributed by atoms with van der Waals surface area (Å²) in [6.07, 6.45) is 13.3. The number of aliphatic carboxylic acids is 1. The first-order valence-corrected chi connectivity index (χ1v) is 22.3. The Morgan fingerprint density at radius 1 is 0.917 bits per heavy atom. The van der Waals surface area contributed by atoms with Gasteiger partial charge in [-0.15, -0.1) is 11.3 Å². The molecule has 60 heavy (non-hydrogen) atoms. The summed E-state index contributed by atoms with van der Waals surface area (Å²) in [5, 5.41) is 32.3. The quantitative estimate of drug-likeness (QED) is 0.0556. The van der Waals surface area contributed by atoms with Gasteiger partial charge >= 0.3 is 5.97 Å². The van der Waals surface area contributed by atoms with Gasteiger partial charge in [-0.25, -0.2) is 4.79 Å². The number of anilines is 1. The van der Waals surface area contributed by atoms with Crippen molar-refractivity contribution in [3.05, 3.63) is 118 Å². The van der Waals surface area contributed by atoms with E-state index >= 15 is 0 Å². The topological polar surface area (TPSA) is 133 Å². The Labute approximate surface area is 360 Å². The van der Waals surface area contributed by atoms with Crippen LogP contribution in [0, 0.1) is 11.3 Å². The molecular weight excluding hydrogens is 787 g/mol. The molecule has 0 saturated heterocycles. The van der Waals surface area contributed by atoms with E-state index in [0.29, 0.717) is 16.6 Å². The van der Waals surface area contributed by atoms with E-state index in [1.54, 1.807) is 29.5 Å². The largest absolute Gasteiger partial charge is 0.871 e. The van der Waals surface area contributed by atoms with Crippen LogP contribution in [0.4, 0.5) is 11.4 Å². The molecule has 0 fully saturated rings. The molecule has 2 aromatic heterocycles. The number of aromatic nitrogens is 2. The van der Waals surface area contributed by atoms with Crippen LogP contribution in [0.15, 0.2) is 101 Å². The van der Waals surface area contributed by atoms with E-state index in [-0.39, 0.29) is 28.3 Å². The number of carboxylic acids is 1. The van der Waals surface area contributed by atoms with Gasteiger partial charge in [-0.1, -0.05) is 82.2 Å². The van der Waals surface area contributed by atoms with Crippen molar-refractivity contribution >= 4 is 75.1 Å². The lowest BCUT2D eigenvalue weighted by Gasteiger charge is -2.29. The van der Waals surface area contributed by atoms with Gasteiger partial charge in [0.2, 0.25) is 5.69 Å². The monoisotopic (exact) mass is 835 g/mol. The van der Waals surface area contributed by atoms with Crippen molar-refractivity contribution < 1.29 is 24.4 Å². The fourth-order valence-electron chi connectivity index (χ4n) is 7.88. The summed E-state index contributed by atoms with van der Waals surface area (Å²) in [7, 11) is 0. The van der Waals surface area contributed by atoms with E-state index < -0.39 is 11.4 Å². The van der Waals surface area contributed by atoms with Gasteiger partial charge in [-0.05, 0) is 80.3 Å². The molecule has 5 aromatic rings. The maximum Gasteiger partial charge on any atom is 0.346 e. The highest BCUT2D eigenvalue weighted by Gasteiger charge is 2.45. The fraction of sp³-hybridized carbons (Fsp3) is 0.306. The SMILES string of the molecule is CCCCN(CCCC)c1ccc(/C=C/C2=C([O-])C(=C\C3=[N+](CCCC)c4ccc(-c5ccc(-c6ccc(/C=C(\C#N)C(=O)O)c7nsnc67)s5)cc4C3(C)C)/C2=O)cc1. The smallest absolute Gasteiger partial charge is 0.346 e. The zero-order valence-corrected chi connectivity index (χ0v) is 36.4. The van der Waals surface area contributed by atoms with Crippen LogP contribution in [0.1, 0.15) is 89.8 Å². The number of ketones is 1. The second-order valence-electron chi connectivity index (χ2n) is 15.8. The predicted octanol–water partition coefficient (Wildman–Crippen LogP) is 10.5. The first-order valence-electron chi connectivity index (χ1n) is 20.7. The molecule has 3 heterocycles. The maximum atomic E-state index is 13.6. The molecule has 0 atom stereocenters. The van der Waals surface area contributed by atoms with Crippen molar-refractivity contribution in [2.24, 2.45) is 0 Å². The zero-order chi connectivity index (χ0) is 42.6. The van der Waals surface area contributed by atoms with Crippen LogP contribution in [0.3, 0.4) is 0 Å². The molecule has 0 unspecified atom stereocenters. The summed E-state index contributed by atoms with van der Waals surface area (Å²) in [6, 6.07) is 24.4. The standard InChI is InChI=1S/C49H49N5O4S2/c1-6-9-24-53(25-10-7-2)35-17-12-31(13-18-35)14-19-37-46(55)38(47(37)56)29-43-49(4,5)39-28-32(16-21-40(39)54(43)26-11-8-3)41-22-23-42(59-41)36-20-15-33(27-34(30-50)48(57)58)44-45(36)52-60-51-44/h12-23,27-29H,6-11,24-26H2,1-5H3,(H-,55,56,57,58)/b34-27+. The summed E-state index contributed by atoms with van der Waals surface area (Å²) in [4.78, 5) is 29.6. The highest BCUT2D eigenvalue weighted by molar-refractivity contribution is 7.19. The number of thiophene rings is 1. The molecule has 11 heteroatoms. The molecule has 1 N–H and O–H groups in total. The van der Waals surface area contributed by atoms with Gasteiger partial charge < -0.3 is 15.1 Å². The van der Waals surface area contributed by atoms with Crippen molar-refractivity contribution in [3.63, 3.8) is 0 Å². The Morgan fingerprint density at radius 3 is 2.28 bits per heavy atom. The van der Waals surface area contributed by atoms with Gasteiger partial charge in [0.05, 0.1) is 17.1 Å². The predicted molar refractivity (Wildman–Crippen MR) is 243 cm³/mol. The molecular formula is C49H49N5O4S2. The van der Waals surface area contributed by atoms with Crippen LogP contribution in [0.2, 0.25) is 0 Å². The molecule has 0 bridgehead atoms. The number of allylic oxidation sites excluding steroid dienone is 4. The van der Waals surface area contributed by atoms with Crippen LogP contribution >= 0.6 is 23.1 Å². The molecule has 306 valence electrons. The molecule has 7 rings (SSSR count). The Kier molecular flexibility index (Phi) is 12.7. The minimum atomic E-state index is -1.29. The first-order chi connectivity index (χ1) is 29.0. The lowest BCUT2D eigenvalue weighted by molar-refractivity contribution is -0.438. The lowest BCUT2D eigenvalue weighted by Crippen LogP contribution is -2.33. The number of carbonyl (C=O) groups is 2. The van der Waals surface area contributed by atoms with Gasteiger partial charge in [0.15, 0.2) is 11.5 Å². The molecule has 1 aliphatic heterocycles. The highest BCUT2D eigenvalue weighted by atomic mass is 32.1. The average molecular weight is 836 g/mol. The third-order valence-electron chi connectivity index (χ3n) is 11.4. The molecule has 3 aromatic carbocycles. The van der Waals surface area contributed by atoms with Crippen LogP contribution in [0.25, 0.3) is 44.1 Å². The summed E-state index contributed by atoms with van der Waals surface area (Å²) in [5.74, 6) is -1.74. The number of nitriles is 1. The molecule has 2 aliphatic rings. The normalized spacial score (nSPS) is 15.6. The third kappa shape index (κ3) is 8.27. The van der Waals surface area contributed by atoms with Crippen molar-refractivity contribution in [3.8, 4) is 27.0 Å². The summed E-state index contributed by atoms with van der Waals surface area (Å²) >= 11 is 2.67. The number of carboxylic acid groups (broad SMARTS) is 1. The Hall–Kier alpha value is -5.96. The van der Waals surface area contributed by atoms with Crippen LogP contribution < -0.4 is 10.0 Å². The average Bonchev–Trinajstić information content (AvgIpc) is 3.99. The van der Waals surface area contributed by atoms with Crippen molar-refractivity contribution in [1.29, 1.82) is 5.26 Å². The molecule has 1 aliphatic carbocycles. The number of hydrogen-bond donors (Lipinski definition) is 1. The Balaban J connectivity index is 1.14. The van der Waals surface area contributed by atoms with Gasteiger partial charge in [-0.3, -0.25) is 4.79 Å². The van der Waals surface area contributed by atoms with E-state index in [9.17, 15) is 25.1 Å². The number of Topliss-reactive ketones (excluding diaryl/α,β-unsaturated/α-hetero) is 1. The summed E-state index contributed by atoms with van der Waals surface area (Å²) in [6.45, 7) is 13.7. The molecule has 9 nitrogen and oxygen atoms in total. The summed E-state index contributed by atoms with van der Waals surface area (Å²) in [5.41, 5.74) is 8.52. The number of hydrogen-bond acceptors (Lipinski definition) is 9. The van der Waals surface area contributed by atoms with Gasteiger partial charge in [0, 0.05) is 74.9 Å². The van der Waals surface area contributed by atoms with E-state index in [4.69, 9.17) is 0 Å². The van der Waals surface area contributed by atoms with E-state index in [2.05, 4.69) is 107 Å². The number of unbranched alkanes of at least 4 members (excludes halogenated alkanes) is 3. The van der Waals surface area contributed by atoms with Crippen molar-refractivity contribution in [2.45, 2.75) is 78.6 Å². The number of carbonyl (C=O) groups excluding carboxylic acids is 1. The van der Waals surface area contributed by atoms with Crippen molar-refractivity contribution in [1.82, 2.24) is 8.75 Å². The summed E-state index contributed by atoms with van der Waals surface area (Å²) < 4.78 is 11.2. The first kappa shape index (κ1) is 42.2. The van der Waals surface area contributed by atoms with Gasteiger partial charge in [0.25, 0.3) is 0 Å². The number of fused-ring (bicyclic) bond motifs is 2. The molecule has 0 saturated carbocycles. The minimum Gasteiger partial charge on any atom is -0.871 e. The molecule has 0 amide bonds. The van der Waals surface area contributed by atoms with Crippen LogP contribution in [-0.4, -0.2) is 55.5 Å². The third-order valence-corrected chi connectivity index (χ3v) is 13.1. The second-order valence-corrected chi connectivity index (χ2v) is 17.4. The maximum absolute atomic E-state index is 13.6. The van der Waals surface area contributed by atoms with E-state index in [1.165, 1.54) is 11.8 Å². The zero-order valence-electron chi connectivity index (χ0n) is 34.7. The van der Waals surface area contributed by atoms with Crippen LogP contribution in [0.5, 0.6) is 0 Å². The van der Waals surface area contributed by atoms with Crippen LogP contribution in [-0.2, 0) is 15.0 Å². The van der Waals surface area contributed by atoms with Gasteiger partial charge in [0.1, 0.15) is 29.2 Å². The Bertz CT molecular complexity index is 2660. The highest BCUT2D eigenvalue weighted by Crippen LogP contribution is 2.45. The lowest BCUT2D eigenvalue weighted by atomic mass is 9.78. The number of rotatable bonds is 17. The Morgan fingerprint density at radius 2 is 1.62 bits per heavy atom. The number of benzene rings is 3. The molecule has 0 radical (unpaired) electrons. The van der Waals surface area contributed by atoms with E-state index in [1.807, 2.05) is 18.2 Å². The minimum absolute atomic E-state index is 0.214. The fourth-order valence-corrected chi connectivity index (χ4v) is 9.49. The number of nitrogens with zero attached hydrogens (tertiary/aromatic N) is 5.